The minimum Gasteiger partial charge on any atom is -0.217 e. The predicted octanol–water partition coefficient (Wildman–Crippen LogP) is 6.54. The van der Waals surface area contributed by atoms with E-state index in [1.807, 2.05) is 17.7 Å². The molecule has 0 bridgehead atoms. The van der Waals surface area contributed by atoms with Crippen LogP contribution < -0.4 is 4.57 Å². The van der Waals surface area contributed by atoms with Crippen LogP contribution in [0.2, 0.25) is 0 Å². The quantitative estimate of drug-likeness (QED) is 0.418. The molecule has 0 aliphatic rings. The van der Waals surface area contributed by atoms with Crippen LogP contribution in [-0.2, 0) is 23.3 Å². The van der Waals surface area contributed by atoms with E-state index in [1.165, 1.54) is 0 Å². The van der Waals surface area contributed by atoms with Gasteiger partial charge in [0.2, 0.25) is 5.69 Å². The number of hydrogen-bond donors (Lipinski definition) is 0. The molecule has 0 saturated heterocycles. The number of benzene rings is 1. The Hall–Kier alpha value is -2.62. The lowest BCUT2D eigenvalue weighted by molar-refractivity contribution is -0.660. The van der Waals surface area contributed by atoms with E-state index in [1.54, 1.807) is 6.20 Å². The van der Waals surface area contributed by atoms with E-state index >= 15 is 0 Å². The Labute approximate surface area is 204 Å². The zero-order chi connectivity index (χ0) is 27.4. The highest BCUT2D eigenvalue weighted by Gasteiger charge is 2.27. The van der Waals surface area contributed by atoms with Gasteiger partial charge in [0.15, 0.2) is 12.0 Å². The van der Waals surface area contributed by atoms with Crippen LogP contribution in [0.25, 0.3) is 22.6 Å². The first-order valence-electron chi connectivity index (χ1n) is 13.1. The smallest absolute Gasteiger partial charge is 0.212 e. The molecule has 176 valence electrons. The minimum absolute atomic E-state index is 0.218. The molecule has 0 saturated carbocycles. The van der Waals surface area contributed by atoms with Crippen LogP contribution in [0.5, 0.6) is 0 Å². The second kappa shape index (κ2) is 8.30. The van der Waals surface area contributed by atoms with Crippen LogP contribution in [0.3, 0.4) is 0 Å². The van der Waals surface area contributed by atoms with Gasteiger partial charge >= 0.3 is 0 Å². The van der Waals surface area contributed by atoms with E-state index in [0.29, 0.717) is 11.4 Å². The summed E-state index contributed by atoms with van der Waals surface area (Å²) in [4.78, 5) is 14.6. The van der Waals surface area contributed by atoms with Crippen molar-refractivity contribution in [1.82, 2.24) is 15.0 Å². The molecule has 3 aromatic rings. The maximum absolute atomic E-state index is 8.09. The molecule has 0 aliphatic carbocycles. The maximum Gasteiger partial charge on any atom is 0.212 e. The third kappa shape index (κ3) is 5.31. The Morgan fingerprint density at radius 3 is 1.82 bits per heavy atom. The maximum atomic E-state index is 8.09. The average Bonchev–Trinajstić information content (AvgIpc) is 2.71. The molecule has 1 aromatic carbocycles. The molecular formula is C29H41N4+. The van der Waals surface area contributed by atoms with Crippen molar-refractivity contribution in [2.45, 2.75) is 92.3 Å². The molecule has 0 aliphatic heterocycles. The highest BCUT2D eigenvalue weighted by Crippen LogP contribution is 2.32. The van der Waals surface area contributed by atoms with Crippen LogP contribution in [-0.4, -0.2) is 15.0 Å². The molecule has 4 nitrogen and oxygen atoms in total. The molecular weight excluding hydrogens is 404 g/mol. The Kier molecular flexibility index (Phi) is 5.27. The minimum atomic E-state index is -2.19. The van der Waals surface area contributed by atoms with E-state index in [4.69, 9.17) is 19.1 Å². The summed E-state index contributed by atoms with van der Waals surface area (Å²) in [6.07, 6.45) is 1.76. The summed E-state index contributed by atoms with van der Waals surface area (Å²) in [6, 6.07) is 8.27. The summed E-state index contributed by atoms with van der Waals surface area (Å²) >= 11 is 0. The number of hydrogen-bond acceptors (Lipinski definition) is 3. The van der Waals surface area contributed by atoms with Gasteiger partial charge in [0.25, 0.3) is 0 Å². The Bertz CT molecular complexity index is 1260. The van der Waals surface area contributed by atoms with Crippen molar-refractivity contribution < 1.29 is 8.68 Å². The summed E-state index contributed by atoms with van der Waals surface area (Å²) in [5.41, 5.74) is 4.43. The van der Waals surface area contributed by atoms with Crippen molar-refractivity contribution in [3.05, 3.63) is 58.8 Å². The molecule has 4 heteroatoms. The molecule has 0 unspecified atom stereocenters. The number of rotatable bonds is 2. The lowest BCUT2D eigenvalue weighted by atomic mass is 9.83. The fraction of sp³-hybridized carbons (Fsp3) is 0.517. The van der Waals surface area contributed by atoms with Crippen LogP contribution >= 0.6 is 0 Å². The summed E-state index contributed by atoms with van der Waals surface area (Å²) < 4.78 is 26.2. The lowest BCUT2D eigenvalue weighted by Gasteiger charge is -2.23. The Morgan fingerprint density at radius 2 is 1.33 bits per heavy atom. The van der Waals surface area contributed by atoms with Crippen molar-refractivity contribution in [3.8, 4) is 22.6 Å². The van der Waals surface area contributed by atoms with Crippen molar-refractivity contribution in [2.24, 2.45) is 7.05 Å². The van der Waals surface area contributed by atoms with Gasteiger partial charge in [-0.05, 0) is 36.4 Å². The molecule has 0 spiro atoms. The summed E-state index contributed by atoms with van der Waals surface area (Å²) in [7, 11) is 1.90. The van der Waals surface area contributed by atoms with Crippen molar-refractivity contribution in [2.75, 3.05) is 0 Å². The molecule has 2 heterocycles. The van der Waals surface area contributed by atoms with Crippen LogP contribution in [0.4, 0.5) is 0 Å². The first kappa shape index (κ1) is 20.9. The zero-order valence-electron chi connectivity index (χ0n) is 25.2. The van der Waals surface area contributed by atoms with Crippen molar-refractivity contribution in [1.29, 1.82) is 0 Å². The van der Waals surface area contributed by atoms with E-state index < -0.39 is 6.85 Å². The first-order chi connectivity index (χ1) is 16.2. The van der Waals surface area contributed by atoms with E-state index in [0.717, 1.165) is 39.6 Å². The summed E-state index contributed by atoms with van der Waals surface area (Å²) in [5, 5.41) is 0. The van der Waals surface area contributed by atoms with Crippen LogP contribution in [0.15, 0.2) is 30.5 Å². The fourth-order valence-electron chi connectivity index (χ4n) is 3.75. The zero-order valence-corrected chi connectivity index (χ0v) is 22.2. The highest BCUT2D eigenvalue weighted by atomic mass is 15.1. The standard InChI is InChI=1S/C29H41N4/c1-18-13-14-20(24-30-25(28(6,7)8)32-26(31-24)29(9,10)11)15-21(18)23-16-22(27(3,4)5)19(2)17-33(23)12/h13-17H,1-12H3/q+1/i2D3. The second-order valence-corrected chi connectivity index (χ2v) is 12.2. The van der Waals surface area contributed by atoms with Crippen molar-refractivity contribution in [3.63, 3.8) is 0 Å². The molecule has 3 rings (SSSR count). The van der Waals surface area contributed by atoms with Crippen LogP contribution in [0, 0.1) is 13.8 Å². The predicted molar refractivity (Wildman–Crippen MR) is 137 cm³/mol. The molecule has 2 aromatic heterocycles. The van der Waals surface area contributed by atoms with Gasteiger partial charge in [-0.25, -0.2) is 19.5 Å². The molecule has 0 fully saturated rings. The Morgan fingerprint density at radius 1 is 0.758 bits per heavy atom. The van der Waals surface area contributed by atoms with Gasteiger partial charge in [-0.15, -0.1) is 0 Å². The third-order valence-corrected chi connectivity index (χ3v) is 5.83. The van der Waals surface area contributed by atoms with Gasteiger partial charge in [0, 0.05) is 37.7 Å². The summed E-state index contributed by atoms with van der Waals surface area (Å²) in [5.74, 6) is 2.18. The topological polar surface area (TPSA) is 42.5 Å². The summed E-state index contributed by atoms with van der Waals surface area (Å²) in [6.45, 7) is 18.7. The number of aryl methyl sites for hydroxylation is 3. The largest absolute Gasteiger partial charge is 0.217 e. The molecule has 0 radical (unpaired) electrons. The van der Waals surface area contributed by atoms with E-state index in [-0.39, 0.29) is 16.2 Å². The highest BCUT2D eigenvalue weighted by molar-refractivity contribution is 5.70. The fourth-order valence-corrected chi connectivity index (χ4v) is 3.75. The third-order valence-electron chi connectivity index (χ3n) is 5.83. The molecule has 0 amide bonds. The van der Waals surface area contributed by atoms with E-state index in [9.17, 15) is 0 Å². The van der Waals surface area contributed by atoms with Crippen molar-refractivity contribution >= 4 is 0 Å². The SMILES string of the molecule is [2H]C([2H])([2H])c1c[n+](C)c(-c2cc(-c3nc(C(C)(C)C)nc(C(C)(C)C)n3)ccc2C)cc1C(C)(C)C. The number of pyridine rings is 1. The molecule has 0 N–H and O–H groups in total. The van der Waals surface area contributed by atoms with Gasteiger partial charge in [-0.2, -0.15) is 0 Å². The van der Waals surface area contributed by atoms with Crippen LogP contribution in [0.1, 0.15) is 94.8 Å². The number of aromatic nitrogens is 4. The molecule has 0 atom stereocenters. The van der Waals surface area contributed by atoms with Gasteiger partial charge in [-0.1, -0.05) is 74.4 Å². The Balaban J connectivity index is 2.29. The van der Waals surface area contributed by atoms with Gasteiger partial charge in [-0.3, -0.25) is 0 Å². The van der Waals surface area contributed by atoms with E-state index in [2.05, 4.69) is 87.4 Å². The monoisotopic (exact) mass is 448 g/mol. The number of nitrogens with zero attached hydrogens (tertiary/aromatic N) is 4. The van der Waals surface area contributed by atoms with Gasteiger partial charge in [0.1, 0.15) is 18.7 Å². The average molecular weight is 449 g/mol. The first-order valence-corrected chi connectivity index (χ1v) is 11.6. The second-order valence-electron chi connectivity index (χ2n) is 12.2. The van der Waals surface area contributed by atoms with Gasteiger partial charge < -0.3 is 0 Å². The van der Waals surface area contributed by atoms with Gasteiger partial charge in [0.05, 0.1) is 0 Å². The lowest BCUT2D eigenvalue weighted by Crippen LogP contribution is -2.33. The normalized spacial score (nSPS) is 14.6. The molecule has 33 heavy (non-hydrogen) atoms.